The van der Waals surface area contributed by atoms with E-state index in [0.717, 1.165) is 60.3 Å². The fourth-order valence-corrected chi connectivity index (χ4v) is 5.37. The van der Waals surface area contributed by atoms with Gasteiger partial charge in [-0.3, -0.25) is 9.69 Å². The van der Waals surface area contributed by atoms with Crippen molar-refractivity contribution in [2.45, 2.75) is 26.3 Å². The van der Waals surface area contributed by atoms with Crippen molar-refractivity contribution in [3.8, 4) is 0 Å². The summed E-state index contributed by atoms with van der Waals surface area (Å²) in [6.07, 6.45) is 2.43. The van der Waals surface area contributed by atoms with Crippen molar-refractivity contribution in [2.75, 3.05) is 38.0 Å². The number of nitrogens with zero attached hydrogens (tertiary/aromatic N) is 2. The number of rotatable bonds is 7. The number of amides is 1. The van der Waals surface area contributed by atoms with E-state index in [9.17, 15) is 4.79 Å². The molecule has 1 atom stereocenters. The third kappa shape index (κ3) is 4.88. The minimum absolute atomic E-state index is 0.0174. The van der Waals surface area contributed by atoms with Crippen LogP contribution in [-0.4, -0.2) is 48.4 Å². The van der Waals surface area contributed by atoms with Gasteiger partial charge in [0.15, 0.2) is 5.76 Å². The highest BCUT2D eigenvalue weighted by Gasteiger charge is 2.31. The molecule has 0 radical (unpaired) electrons. The Kier molecular flexibility index (Phi) is 7.13. The molecule has 0 aliphatic carbocycles. The second-order valence-corrected chi connectivity index (χ2v) is 9.22. The molecule has 7 heteroatoms. The standard InChI is InChI=1S/C24H28ClN3O2S/c1-3-17-16-19(24(31-17)26-23(29)21-10-7-15-30-21)22(18-8-5-6-9-20(18)25)28-13-11-27(4-2)12-14-28/h5-10,15-16,22H,3-4,11-14H2,1-2H3,(H,26,29)/t22-/m1/s1. The molecule has 3 aromatic rings. The molecule has 0 unspecified atom stereocenters. The number of carbonyl (C=O) groups is 1. The predicted octanol–water partition coefficient (Wildman–Crippen LogP) is 5.54. The van der Waals surface area contributed by atoms with Gasteiger partial charge in [0.05, 0.1) is 12.3 Å². The molecule has 1 amide bonds. The number of furan rings is 1. The van der Waals surface area contributed by atoms with Gasteiger partial charge >= 0.3 is 0 Å². The van der Waals surface area contributed by atoms with Crippen LogP contribution in [0.25, 0.3) is 0 Å². The minimum atomic E-state index is -0.232. The maximum absolute atomic E-state index is 12.8. The minimum Gasteiger partial charge on any atom is -0.459 e. The average molecular weight is 458 g/mol. The molecule has 1 N–H and O–H groups in total. The van der Waals surface area contributed by atoms with Gasteiger partial charge < -0.3 is 14.6 Å². The Bertz CT molecular complexity index is 1010. The fraction of sp³-hybridized carbons (Fsp3) is 0.375. The Labute approximate surface area is 192 Å². The normalized spacial score (nSPS) is 16.4. The maximum Gasteiger partial charge on any atom is 0.291 e. The summed E-state index contributed by atoms with van der Waals surface area (Å²) >= 11 is 8.32. The maximum atomic E-state index is 12.8. The number of anilines is 1. The van der Waals surface area contributed by atoms with Gasteiger partial charge in [-0.15, -0.1) is 11.3 Å². The zero-order valence-electron chi connectivity index (χ0n) is 17.9. The van der Waals surface area contributed by atoms with Crippen molar-refractivity contribution < 1.29 is 9.21 Å². The molecule has 0 saturated carbocycles. The van der Waals surface area contributed by atoms with Crippen molar-refractivity contribution in [3.05, 3.63) is 75.5 Å². The number of piperazine rings is 1. The number of thiophene rings is 1. The number of carbonyl (C=O) groups excluding carboxylic acids is 1. The van der Waals surface area contributed by atoms with E-state index in [1.54, 1.807) is 23.5 Å². The van der Waals surface area contributed by atoms with Crippen LogP contribution < -0.4 is 5.32 Å². The van der Waals surface area contributed by atoms with Gasteiger partial charge in [0, 0.05) is 41.6 Å². The second kappa shape index (κ2) is 10.0. The van der Waals surface area contributed by atoms with Gasteiger partial charge in [-0.25, -0.2) is 0 Å². The number of benzene rings is 1. The number of likely N-dealkylation sites (N-methyl/N-ethyl adjacent to an activating group) is 1. The van der Waals surface area contributed by atoms with Gasteiger partial charge in [-0.05, 0) is 42.8 Å². The van der Waals surface area contributed by atoms with Crippen LogP contribution in [0.1, 0.15) is 46.4 Å². The Balaban J connectivity index is 1.73. The van der Waals surface area contributed by atoms with Crippen LogP contribution in [0.15, 0.2) is 53.1 Å². The Morgan fingerprint density at radius 2 is 1.90 bits per heavy atom. The molecule has 1 aromatic carbocycles. The smallest absolute Gasteiger partial charge is 0.291 e. The first-order chi connectivity index (χ1) is 15.1. The average Bonchev–Trinajstić information content (AvgIpc) is 3.46. The first-order valence-corrected chi connectivity index (χ1v) is 12.0. The van der Waals surface area contributed by atoms with Crippen LogP contribution in [0.4, 0.5) is 5.00 Å². The van der Waals surface area contributed by atoms with Crippen molar-refractivity contribution in [3.63, 3.8) is 0 Å². The van der Waals surface area contributed by atoms with Crippen molar-refractivity contribution in [1.29, 1.82) is 0 Å². The number of hydrogen-bond acceptors (Lipinski definition) is 5. The Hall–Kier alpha value is -2.12. The van der Waals surface area contributed by atoms with Crippen molar-refractivity contribution in [2.24, 2.45) is 0 Å². The molecule has 1 aliphatic rings. The highest BCUT2D eigenvalue weighted by atomic mass is 35.5. The quantitative estimate of drug-likeness (QED) is 0.506. The molecule has 1 aliphatic heterocycles. The lowest BCUT2D eigenvalue weighted by atomic mass is 9.97. The summed E-state index contributed by atoms with van der Waals surface area (Å²) < 4.78 is 5.30. The number of nitrogens with one attached hydrogen (secondary N) is 1. The lowest BCUT2D eigenvalue weighted by Crippen LogP contribution is -2.47. The molecule has 5 nitrogen and oxygen atoms in total. The lowest BCUT2D eigenvalue weighted by Gasteiger charge is -2.39. The molecule has 3 heterocycles. The zero-order valence-corrected chi connectivity index (χ0v) is 19.5. The lowest BCUT2D eigenvalue weighted by molar-refractivity contribution is 0.0995. The molecule has 164 valence electrons. The van der Waals surface area contributed by atoms with E-state index in [0.29, 0.717) is 5.76 Å². The molecular weight excluding hydrogens is 430 g/mol. The first-order valence-electron chi connectivity index (χ1n) is 10.8. The van der Waals surface area contributed by atoms with E-state index in [2.05, 4.69) is 41.1 Å². The number of aryl methyl sites for hydroxylation is 1. The monoisotopic (exact) mass is 457 g/mol. The molecule has 2 aromatic heterocycles. The van der Waals surface area contributed by atoms with Crippen molar-refractivity contribution >= 4 is 33.8 Å². The number of hydrogen-bond donors (Lipinski definition) is 1. The summed E-state index contributed by atoms with van der Waals surface area (Å²) in [6, 6.07) is 13.6. The summed E-state index contributed by atoms with van der Waals surface area (Å²) in [7, 11) is 0. The number of halogens is 1. The Morgan fingerprint density at radius 1 is 1.13 bits per heavy atom. The molecule has 31 heavy (non-hydrogen) atoms. The van der Waals surface area contributed by atoms with E-state index >= 15 is 0 Å². The SMILES string of the molecule is CCc1cc([C@@H](c2ccccc2Cl)N2CCN(CC)CC2)c(NC(=O)c2ccco2)s1. The Morgan fingerprint density at radius 3 is 2.55 bits per heavy atom. The van der Waals surface area contributed by atoms with Crippen LogP contribution in [0, 0.1) is 0 Å². The summed E-state index contributed by atoms with van der Waals surface area (Å²) in [5, 5.41) is 4.71. The predicted molar refractivity (Wildman–Crippen MR) is 127 cm³/mol. The van der Waals surface area contributed by atoms with Gasteiger partial charge in [0.1, 0.15) is 5.00 Å². The van der Waals surface area contributed by atoms with Gasteiger partial charge in [-0.1, -0.05) is 43.6 Å². The topological polar surface area (TPSA) is 48.7 Å². The van der Waals surface area contributed by atoms with E-state index in [4.69, 9.17) is 16.0 Å². The van der Waals surface area contributed by atoms with Crippen LogP contribution in [0.3, 0.4) is 0 Å². The van der Waals surface area contributed by atoms with Crippen molar-refractivity contribution in [1.82, 2.24) is 9.80 Å². The van der Waals surface area contributed by atoms with Crippen LogP contribution >= 0.6 is 22.9 Å². The fourth-order valence-electron chi connectivity index (χ4n) is 4.10. The summed E-state index contributed by atoms with van der Waals surface area (Å²) in [4.78, 5) is 18.9. The van der Waals surface area contributed by atoms with E-state index in [1.165, 1.54) is 11.1 Å². The highest BCUT2D eigenvalue weighted by Crippen LogP contribution is 2.41. The summed E-state index contributed by atoms with van der Waals surface area (Å²) in [5.74, 6) is 0.0766. The zero-order chi connectivity index (χ0) is 21.8. The van der Waals surface area contributed by atoms with E-state index < -0.39 is 0 Å². The van der Waals surface area contributed by atoms with E-state index in [-0.39, 0.29) is 11.9 Å². The molecule has 0 bridgehead atoms. The van der Waals surface area contributed by atoms with Gasteiger partial charge in [0.2, 0.25) is 0 Å². The molecule has 4 rings (SSSR count). The van der Waals surface area contributed by atoms with Crippen LogP contribution in [-0.2, 0) is 6.42 Å². The molecular formula is C24H28ClN3O2S. The summed E-state index contributed by atoms with van der Waals surface area (Å²) in [6.45, 7) is 9.35. The van der Waals surface area contributed by atoms with Gasteiger partial charge in [-0.2, -0.15) is 0 Å². The molecule has 0 spiro atoms. The second-order valence-electron chi connectivity index (χ2n) is 7.68. The third-order valence-corrected chi connectivity index (χ3v) is 7.40. The third-order valence-electron chi connectivity index (χ3n) is 5.85. The first kappa shape index (κ1) is 22.1. The molecule has 1 saturated heterocycles. The van der Waals surface area contributed by atoms with E-state index in [1.807, 2.05) is 18.2 Å². The largest absolute Gasteiger partial charge is 0.459 e. The molecule has 1 fully saturated rings. The van der Waals surface area contributed by atoms with Gasteiger partial charge in [0.25, 0.3) is 5.91 Å². The summed E-state index contributed by atoms with van der Waals surface area (Å²) in [5.41, 5.74) is 2.17. The van der Waals surface area contributed by atoms with Crippen LogP contribution in [0.2, 0.25) is 5.02 Å². The highest BCUT2D eigenvalue weighted by molar-refractivity contribution is 7.16. The van der Waals surface area contributed by atoms with Crippen LogP contribution in [0.5, 0.6) is 0 Å².